The van der Waals surface area contributed by atoms with Crippen LogP contribution in [-0.4, -0.2) is 30.5 Å². The van der Waals surface area contributed by atoms with Crippen LogP contribution in [0.3, 0.4) is 0 Å². The summed E-state index contributed by atoms with van der Waals surface area (Å²) in [6.45, 7) is 2.63. The van der Waals surface area contributed by atoms with Gasteiger partial charge in [0.05, 0.1) is 31.7 Å². The smallest absolute Gasteiger partial charge is 0.272 e. The maximum Gasteiger partial charge on any atom is 0.272 e. The number of hydrogen-bond donors (Lipinski definition) is 2. The van der Waals surface area contributed by atoms with E-state index in [0.29, 0.717) is 11.7 Å². The van der Waals surface area contributed by atoms with Crippen LogP contribution < -0.4 is 5.32 Å². The molecule has 0 spiro atoms. The quantitative estimate of drug-likeness (QED) is 0.314. The van der Waals surface area contributed by atoms with E-state index in [2.05, 4.69) is 10.3 Å². The molecule has 4 rings (SSSR count). The van der Waals surface area contributed by atoms with Crippen LogP contribution in [0.2, 0.25) is 10.3 Å². The van der Waals surface area contributed by atoms with Crippen LogP contribution in [-0.2, 0) is 34.0 Å². The number of rotatable bonds is 7. The minimum absolute atomic E-state index is 0.0376. The number of aromatic nitrogens is 2. The van der Waals surface area contributed by atoms with Crippen LogP contribution in [0.25, 0.3) is 0 Å². The van der Waals surface area contributed by atoms with E-state index < -0.39 is 16.0 Å². The Morgan fingerprint density at radius 3 is 2.22 bits per heavy atom. The summed E-state index contributed by atoms with van der Waals surface area (Å²) < 4.78 is 12.6. The van der Waals surface area contributed by atoms with Gasteiger partial charge in [-0.3, -0.25) is 4.79 Å². The van der Waals surface area contributed by atoms with Crippen molar-refractivity contribution in [3.05, 3.63) is 87.4 Å². The highest BCUT2D eigenvalue weighted by Gasteiger charge is 2.39. The molecule has 0 radical (unpaired) electrons. The van der Waals surface area contributed by atoms with Gasteiger partial charge >= 0.3 is 0 Å². The average Bonchev–Trinajstić information content (AvgIpc) is 3.20. The molecule has 0 aliphatic carbocycles. The van der Waals surface area contributed by atoms with Crippen molar-refractivity contribution in [2.24, 2.45) is 5.92 Å². The number of carbonyl (C=O) groups is 1. The molecule has 37 heavy (non-hydrogen) atoms. The fraction of sp³-hybridized carbons (Fsp3) is 0.360. The first-order chi connectivity index (χ1) is 17.6. The summed E-state index contributed by atoms with van der Waals surface area (Å²) in [4.78, 5) is 15.9. The van der Waals surface area contributed by atoms with Crippen LogP contribution in [0.15, 0.2) is 54.9 Å². The minimum atomic E-state index is -2.03. The van der Waals surface area contributed by atoms with Crippen molar-refractivity contribution in [3.8, 4) is 0 Å². The second-order valence-corrected chi connectivity index (χ2v) is 11.7. The van der Waals surface area contributed by atoms with Gasteiger partial charge in [0.15, 0.2) is 11.4 Å². The number of amides is 1. The van der Waals surface area contributed by atoms with Gasteiger partial charge in [-0.05, 0) is 16.7 Å². The lowest BCUT2D eigenvalue weighted by Crippen LogP contribution is -2.39. The summed E-state index contributed by atoms with van der Waals surface area (Å²) in [6.07, 6.45) is 0.326. The number of carbonyl (C=O) groups excluding carboxylic acids is 1. The van der Waals surface area contributed by atoms with Crippen molar-refractivity contribution in [2.45, 2.75) is 48.9 Å². The zero-order valence-corrected chi connectivity index (χ0v) is 23.4. The summed E-state index contributed by atoms with van der Waals surface area (Å²) in [6, 6.07) is 15.0. The molecule has 2 aromatic carbocycles. The van der Waals surface area contributed by atoms with E-state index in [-0.39, 0.29) is 36.4 Å². The molecule has 198 valence electrons. The number of hydrogen-bond acceptors (Lipinski definition) is 5. The SMILES string of the molecule is CC1C(Cn2cnc(Cl)c2Cl)OC(c2ccc(CNC(=O)C(Cl)(Cl)Cl)cc2)OC1c1ccc(CO)cc1. The van der Waals surface area contributed by atoms with Gasteiger partial charge < -0.3 is 24.5 Å². The van der Waals surface area contributed by atoms with Crippen LogP contribution >= 0.6 is 58.0 Å². The lowest BCUT2D eigenvalue weighted by Gasteiger charge is -2.41. The monoisotopic (exact) mass is 605 g/mol. The third kappa shape index (κ3) is 6.91. The second kappa shape index (κ2) is 12.1. The molecular weight excluding hydrogens is 584 g/mol. The lowest BCUT2D eigenvalue weighted by molar-refractivity contribution is -0.276. The maximum absolute atomic E-state index is 11.8. The van der Waals surface area contributed by atoms with Gasteiger partial charge in [0.1, 0.15) is 5.15 Å². The molecule has 7 nitrogen and oxygen atoms in total. The number of nitrogens with zero attached hydrogens (tertiary/aromatic N) is 2. The Labute approximate surface area is 239 Å². The standard InChI is InChI=1S/C25H24Cl5N3O4/c1-14-19(11-33-13-32-21(26)22(33)27)36-23(37-20(14)17-6-4-16(12-34)5-7-17)18-8-2-15(3-9-18)10-31-24(35)25(28,29)30/h2-9,13-14,19-20,23,34H,10-12H2,1H3,(H,31,35). The number of aliphatic hydroxyl groups is 1. The first kappa shape index (κ1) is 28.5. The van der Waals surface area contributed by atoms with Crippen LogP contribution in [0, 0.1) is 5.92 Å². The van der Waals surface area contributed by atoms with Gasteiger partial charge in [-0.1, -0.05) is 113 Å². The number of nitrogens with one attached hydrogen (secondary N) is 1. The predicted molar refractivity (Wildman–Crippen MR) is 144 cm³/mol. The third-order valence-corrected chi connectivity index (χ3v) is 7.48. The Kier molecular flexibility index (Phi) is 9.30. The molecule has 1 amide bonds. The summed E-state index contributed by atoms with van der Waals surface area (Å²) in [5, 5.41) is 12.6. The molecular formula is C25H24Cl5N3O4. The Morgan fingerprint density at radius 1 is 1.03 bits per heavy atom. The molecule has 2 N–H and O–H groups in total. The molecule has 1 fully saturated rings. The van der Waals surface area contributed by atoms with E-state index in [4.69, 9.17) is 67.5 Å². The first-order valence-corrected chi connectivity index (χ1v) is 13.3. The maximum atomic E-state index is 11.8. The summed E-state index contributed by atoms with van der Waals surface area (Å²) in [5.74, 6) is -0.754. The molecule has 1 aromatic heterocycles. The van der Waals surface area contributed by atoms with Crippen molar-refractivity contribution < 1.29 is 19.4 Å². The van der Waals surface area contributed by atoms with E-state index in [0.717, 1.165) is 22.3 Å². The lowest BCUT2D eigenvalue weighted by atomic mass is 9.90. The number of imidazole rings is 1. The second-order valence-electron chi connectivity index (χ2n) is 8.72. The number of halogens is 5. The number of ether oxygens (including phenoxy) is 2. The highest BCUT2D eigenvalue weighted by atomic mass is 35.6. The first-order valence-electron chi connectivity index (χ1n) is 11.4. The van der Waals surface area contributed by atoms with E-state index >= 15 is 0 Å². The van der Waals surface area contributed by atoms with Crippen LogP contribution in [0.4, 0.5) is 0 Å². The molecule has 3 aromatic rings. The zero-order valence-electron chi connectivity index (χ0n) is 19.6. The third-order valence-electron chi connectivity index (χ3n) is 6.20. The normalized spacial score (nSPS) is 22.1. The molecule has 4 unspecified atom stereocenters. The molecule has 12 heteroatoms. The Balaban J connectivity index is 1.56. The molecule has 0 bridgehead atoms. The molecule has 2 heterocycles. The summed E-state index contributed by atoms with van der Waals surface area (Å²) >= 11 is 29.2. The number of benzene rings is 2. The van der Waals surface area contributed by atoms with E-state index in [1.54, 1.807) is 10.9 Å². The van der Waals surface area contributed by atoms with Crippen molar-refractivity contribution in [1.29, 1.82) is 0 Å². The van der Waals surface area contributed by atoms with E-state index in [9.17, 15) is 9.90 Å². The predicted octanol–water partition coefficient (Wildman–Crippen LogP) is 6.16. The van der Waals surface area contributed by atoms with Crippen LogP contribution in [0.1, 0.15) is 41.6 Å². The van der Waals surface area contributed by atoms with Crippen molar-refractivity contribution in [3.63, 3.8) is 0 Å². The van der Waals surface area contributed by atoms with Gasteiger partial charge in [-0.2, -0.15) is 0 Å². The van der Waals surface area contributed by atoms with E-state index in [1.165, 1.54) is 0 Å². The Hall–Kier alpha value is -1.55. The van der Waals surface area contributed by atoms with E-state index in [1.807, 2.05) is 55.5 Å². The van der Waals surface area contributed by atoms with Gasteiger partial charge in [-0.15, -0.1) is 0 Å². The van der Waals surface area contributed by atoms with Crippen molar-refractivity contribution in [1.82, 2.24) is 14.9 Å². The molecule has 4 atom stereocenters. The summed E-state index contributed by atoms with van der Waals surface area (Å²) in [7, 11) is 0. The molecule has 1 saturated heterocycles. The van der Waals surface area contributed by atoms with Gasteiger partial charge in [0, 0.05) is 18.0 Å². The number of alkyl halides is 3. The minimum Gasteiger partial charge on any atom is -0.392 e. The van der Waals surface area contributed by atoms with Crippen LogP contribution in [0.5, 0.6) is 0 Å². The average molecular weight is 608 g/mol. The molecule has 0 saturated carbocycles. The fourth-order valence-electron chi connectivity index (χ4n) is 4.07. The van der Waals surface area contributed by atoms with Crippen molar-refractivity contribution in [2.75, 3.05) is 0 Å². The Morgan fingerprint density at radius 2 is 1.65 bits per heavy atom. The zero-order chi connectivity index (χ0) is 26.7. The van der Waals surface area contributed by atoms with Gasteiger partial charge in [-0.25, -0.2) is 4.98 Å². The molecule has 1 aliphatic heterocycles. The van der Waals surface area contributed by atoms with Gasteiger partial charge in [0.25, 0.3) is 9.70 Å². The largest absolute Gasteiger partial charge is 0.392 e. The number of aliphatic hydroxyl groups excluding tert-OH is 1. The fourth-order valence-corrected chi connectivity index (χ4v) is 4.58. The highest BCUT2D eigenvalue weighted by Crippen LogP contribution is 2.42. The summed E-state index contributed by atoms with van der Waals surface area (Å²) in [5.41, 5.74) is 3.38. The topological polar surface area (TPSA) is 85.6 Å². The Bertz CT molecular complexity index is 1210. The molecule has 1 aliphatic rings. The van der Waals surface area contributed by atoms with Crippen molar-refractivity contribution >= 4 is 63.9 Å². The van der Waals surface area contributed by atoms with Gasteiger partial charge in [0.2, 0.25) is 0 Å². The highest BCUT2D eigenvalue weighted by molar-refractivity contribution is 6.76.